The summed E-state index contributed by atoms with van der Waals surface area (Å²) in [4.78, 5) is 101. The molecule has 0 spiro atoms. The topological polar surface area (TPSA) is 440 Å². The molecule has 4 aliphatic heterocycles. The van der Waals surface area contributed by atoms with Crippen LogP contribution in [0.5, 0.6) is 0 Å². The summed E-state index contributed by atoms with van der Waals surface area (Å²) in [7, 11) is -17.7. The molecular formula is C104H117Cl2FN14O20P2S4. The van der Waals surface area contributed by atoms with E-state index < -0.39 is 81.2 Å². The van der Waals surface area contributed by atoms with E-state index in [1.807, 2.05) is 178 Å². The van der Waals surface area contributed by atoms with E-state index in [0.717, 1.165) is 61.4 Å². The number of carboxylic acids is 2. The Labute approximate surface area is 871 Å². The number of phosphoric acid groups is 2. The van der Waals surface area contributed by atoms with Gasteiger partial charge in [0.2, 0.25) is 0 Å². The number of thioether (sulfide) groups is 2. The Morgan fingerprint density at radius 1 is 0.449 bits per heavy atom. The molecule has 4 fully saturated rings. The first-order valence-electron chi connectivity index (χ1n) is 48.1. The van der Waals surface area contributed by atoms with Crippen LogP contribution in [0.1, 0.15) is 110 Å². The quantitative estimate of drug-likeness (QED) is 0.00738. The Bertz CT molecular complexity index is 7040. The second-order valence-electron chi connectivity index (χ2n) is 37.1. The van der Waals surface area contributed by atoms with Crippen LogP contribution in [0.2, 0.25) is 10.0 Å². The number of hydrogen-bond acceptors (Lipinski definition) is 24. The van der Waals surface area contributed by atoms with Gasteiger partial charge >= 0.3 is 27.6 Å². The van der Waals surface area contributed by atoms with Gasteiger partial charge in [-0.25, -0.2) is 39.9 Å². The number of phosphoric ester groups is 2. The molecule has 0 bridgehead atoms. The summed E-state index contributed by atoms with van der Waals surface area (Å²) < 4.78 is 112. The highest BCUT2D eigenvalue weighted by atomic mass is 35.5. The molecule has 0 unspecified atom stereocenters. The molecule has 778 valence electrons. The minimum atomic E-state index is -4.59. The van der Waals surface area contributed by atoms with E-state index in [1.54, 1.807) is 79.0 Å². The van der Waals surface area contributed by atoms with Crippen molar-refractivity contribution in [3.05, 3.63) is 295 Å². The molecule has 0 radical (unpaired) electrons. The van der Waals surface area contributed by atoms with Gasteiger partial charge < -0.3 is 79.0 Å². The number of sulfonamides is 2. The molecule has 34 nitrogen and oxygen atoms in total. The van der Waals surface area contributed by atoms with Crippen molar-refractivity contribution in [1.82, 2.24) is 18.9 Å². The third-order valence-corrected chi connectivity index (χ3v) is 33.2. The molecule has 2 atom stereocenters. The SMILES string of the molecule is Cc1c(C(=O)O)c(-c2cc(F)cc(N3CCN(c4ccc(NS(=O)(=O)c5ccc(N[C@H](CCN6CCC(OP(=O)(O)O)CC6)CSc6ccccc6)c([N+](=O)[O-])c5)cc4)CC3)c2)c(-c2ccc(Cl)cc2)n1C(C)C.Cc1c(C(=O)O)c(-c2cccc(N3CCN(c4ccc(NS(=O)(=O)c5ccc(N[C@H](CCN6CCC(OP(=O)(O)O)CC6)CSc6ccccc6)c([N+](=O)[O-])c5)cc4)CC3)c2)c(-c2ccc(Cl)cc2)n1C(C)C. The Morgan fingerprint density at radius 2 is 0.810 bits per heavy atom. The first kappa shape index (κ1) is 109. The third kappa shape index (κ3) is 28.2. The van der Waals surface area contributed by atoms with Crippen LogP contribution in [0.25, 0.3) is 44.8 Å². The van der Waals surface area contributed by atoms with Crippen molar-refractivity contribution in [2.75, 3.05) is 143 Å². The number of likely N-dealkylation sites (tertiary alicyclic amines) is 2. The summed E-state index contributed by atoms with van der Waals surface area (Å²) in [6, 6.07) is 67.4. The van der Waals surface area contributed by atoms with Crippen molar-refractivity contribution in [2.45, 2.75) is 136 Å². The molecule has 10 aromatic carbocycles. The summed E-state index contributed by atoms with van der Waals surface area (Å²) in [6.07, 6.45) is 1.89. The number of carbonyl (C=O) groups is 2. The first-order chi connectivity index (χ1) is 70.1. The molecule has 16 rings (SSSR count). The van der Waals surface area contributed by atoms with Gasteiger partial charge in [-0.2, -0.15) is 0 Å². The van der Waals surface area contributed by atoms with Crippen LogP contribution in [0, 0.1) is 39.9 Å². The average Bonchev–Trinajstić information content (AvgIpc) is 1.60. The fourth-order valence-electron chi connectivity index (χ4n) is 19.4. The van der Waals surface area contributed by atoms with Gasteiger partial charge in [0, 0.05) is 216 Å². The summed E-state index contributed by atoms with van der Waals surface area (Å²) >= 11 is 15.7. The van der Waals surface area contributed by atoms with Crippen LogP contribution in [-0.4, -0.2) is 215 Å². The molecular weight excluding hydrogens is 2050 g/mol. The van der Waals surface area contributed by atoms with Crippen LogP contribution in [0.15, 0.2) is 256 Å². The first-order valence-corrected chi connectivity index (χ1v) is 56.8. The van der Waals surface area contributed by atoms with Gasteiger partial charge in [-0.05, 0) is 254 Å². The van der Waals surface area contributed by atoms with Gasteiger partial charge in [-0.3, -0.25) is 38.7 Å². The summed E-state index contributed by atoms with van der Waals surface area (Å²) in [5.74, 6) is -1.52. The molecule has 0 aliphatic carbocycles. The summed E-state index contributed by atoms with van der Waals surface area (Å²) in [5.41, 5.74) is 10.4. The number of aromatic carboxylic acids is 2. The number of rotatable bonds is 40. The molecule has 4 saturated heterocycles. The molecule has 2 aromatic heterocycles. The van der Waals surface area contributed by atoms with Gasteiger partial charge in [0.15, 0.2) is 0 Å². The second-order valence-corrected chi connectivity index (χ2v) is 45.9. The summed E-state index contributed by atoms with van der Waals surface area (Å²) in [5, 5.41) is 53.8. The Kier molecular flexibility index (Phi) is 35.8. The van der Waals surface area contributed by atoms with E-state index >= 15 is 4.39 Å². The van der Waals surface area contributed by atoms with Crippen LogP contribution in [-0.2, 0) is 38.2 Å². The smallest absolute Gasteiger partial charge is 0.469 e. The lowest BCUT2D eigenvalue weighted by Crippen LogP contribution is -2.46. The van der Waals surface area contributed by atoms with Gasteiger partial charge in [-0.1, -0.05) is 96.0 Å². The van der Waals surface area contributed by atoms with E-state index in [9.17, 15) is 85.6 Å². The number of anilines is 8. The highest BCUT2D eigenvalue weighted by Gasteiger charge is 2.36. The van der Waals surface area contributed by atoms with Gasteiger partial charge in [0.1, 0.15) is 17.2 Å². The van der Waals surface area contributed by atoms with E-state index in [4.69, 9.17) is 32.2 Å². The zero-order valence-electron chi connectivity index (χ0n) is 81.6. The molecule has 0 saturated carbocycles. The number of piperidine rings is 2. The predicted octanol–water partition coefficient (Wildman–Crippen LogP) is 21.4. The van der Waals surface area contributed by atoms with Crippen molar-refractivity contribution >= 4 is 151 Å². The molecule has 6 heterocycles. The van der Waals surface area contributed by atoms with E-state index in [2.05, 4.69) is 55.2 Å². The number of nitro groups is 2. The van der Waals surface area contributed by atoms with Crippen molar-refractivity contribution in [1.29, 1.82) is 0 Å². The zero-order valence-corrected chi connectivity index (χ0v) is 88.1. The van der Waals surface area contributed by atoms with E-state index in [-0.39, 0.29) is 67.8 Å². The number of halogens is 3. The lowest BCUT2D eigenvalue weighted by molar-refractivity contribution is -0.384. The maximum Gasteiger partial charge on any atom is 0.469 e. The normalized spacial score (nSPS) is 15.4. The number of nitrogens with one attached hydrogen (secondary N) is 4. The van der Waals surface area contributed by atoms with Gasteiger partial charge in [0.05, 0.1) is 54.4 Å². The fraction of sp³-hybridized carbons (Fsp3) is 0.327. The molecule has 4 aliphatic rings. The fourth-order valence-corrected chi connectivity index (χ4v) is 25.0. The lowest BCUT2D eigenvalue weighted by Gasteiger charge is -2.37. The number of hydrogen-bond donors (Lipinski definition) is 10. The monoisotopic (exact) mass is 2160 g/mol. The molecule has 10 N–H and O–H groups in total. The number of carboxylic acid groups (broad SMARTS) is 2. The van der Waals surface area contributed by atoms with E-state index in [1.165, 1.54) is 36.4 Å². The summed E-state index contributed by atoms with van der Waals surface area (Å²) in [6.45, 7) is 19.9. The van der Waals surface area contributed by atoms with Crippen molar-refractivity contribution < 1.29 is 88.6 Å². The Morgan fingerprint density at radius 3 is 1.17 bits per heavy atom. The van der Waals surface area contributed by atoms with Gasteiger partial charge in [0.25, 0.3) is 31.4 Å². The second kappa shape index (κ2) is 48.2. The van der Waals surface area contributed by atoms with Gasteiger partial charge in [-0.15, -0.1) is 23.5 Å². The van der Waals surface area contributed by atoms with Crippen LogP contribution < -0.4 is 39.7 Å². The zero-order chi connectivity index (χ0) is 105. The minimum Gasteiger partial charge on any atom is -0.478 e. The molecule has 12 aromatic rings. The van der Waals surface area contributed by atoms with Crippen LogP contribution in [0.4, 0.5) is 61.3 Å². The highest BCUT2D eigenvalue weighted by molar-refractivity contribution is 7.99. The van der Waals surface area contributed by atoms with Crippen LogP contribution >= 0.6 is 62.4 Å². The van der Waals surface area contributed by atoms with Crippen molar-refractivity contribution in [2.24, 2.45) is 0 Å². The van der Waals surface area contributed by atoms with Crippen LogP contribution in [0.3, 0.4) is 0 Å². The molecule has 0 amide bonds. The average molecular weight is 2160 g/mol. The Hall–Kier alpha value is -11.9. The number of nitro benzene ring substituents is 2. The molecule has 147 heavy (non-hydrogen) atoms. The standard InChI is InChI=1S/C52H58ClFN7O10PS2.C52H59ClN7O10PS2/c1-34(2)60-35(3)49(52(62)63)50(51(60)36-9-11-38(53)12-10-36)37-29-39(54)31-43(30-37)59-27-25-58(26-28-59)42-15-13-40(14-16-42)56-74(69,70)46-17-18-47(48(32-46)61(64)65)55-41(33-73-45-7-5-4-6-8-45)19-22-57-23-20-44(21-24-57)71-72(66,67)68;1-35(2)59-36(3)49(52(61)62)50(51(59)37-12-14-39(53)15-13-37)38-8-7-9-43(32-38)58-30-28-57(29-31-58)42-18-16-40(17-19-42)55-73(68,69)46-20-21-47(48(33-46)60(63)64)54-41(34-72-45-10-5-4-6-11-45)22-25-56-26-23-44(24-27-56)70-71(65,66)67/h4-18,29-32,34,41,44,55-56H,19-28,33H2,1-3H3,(H,62,63)(H2,66,67,68);4-21,32-33,35,41,44,54-55H,22-31,34H2,1-3H3,(H,61,62)(H2,65,66,67)/t2*41-/m11/s1. The number of aromatic nitrogens is 2. The lowest BCUT2D eigenvalue weighted by atomic mass is 9.96. The maximum absolute atomic E-state index is 15.7. The largest absolute Gasteiger partial charge is 0.478 e. The maximum atomic E-state index is 15.7. The van der Waals surface area contributed by atoms with Crippen molar-refractivity contribution in [3.63, 3.8) is 0 Å². The van der Waals surface area contributed by atoms with E-state index in [0.29, 0.717) is 197 Å². The molecule has 43 heteroatoms. The minimum absolute atomic E-state index is 0.00716. The highest BCUT2D eigenvalue weighted by Crippen LogP contribution is 2.48. The third-order valence-electron chi connectivity index (χ3n) is 26.5. The van der Waals surface area contributed by atoms with Crippen molar-refractivity contribution in [3.8, 4) is 44.8 Å². The number of benzene rings is 10. The number of nitrogens with zero attached hydrogens (tertiary/aromatic N) is 10. The predicted molar refractivity (Wildman–Crippen MR) is 578 cm³/mol. The Balaban J connectivity index is 0.000000220. The number of piperazine rings is 2.